The van der Waals surface area contributed by atoms with Gasteiger partial charge in [-0.2, -0.15) is 0 Å². The summed E-state index contributed by atoms with van der Waals surface area (Å²) < 4.78 is 5.64. The van der Waals surface area contributed by atoms with E-state index in [1.807, 2.05) is 74.5 Å². The number of carboxylic acids is 1. The first-order valence-electron chi connectivity index (χ1n) is 14.4. The van der Waals surface area contributed by atoms with E-state index >= 15 is 0 Å². The molecular weight excluding hydrogens is 550 g/mol. The van der Waals surface area contributed by atoms with E-state index in [2.05, 4.69) is 16.0 Å². The topological polar surface area (TPSA) is 154 Å². The number of aliphatic carboxylic acids is 1. The van der Waals surface area contributed by atoms with Crippen LogP contribution in [0.25, 0.3) is 10.8 Å². The molecule has 0 spiro atoms. The van der Waals surface area contributed by atoms with Crippen molar-refractivity contribution < 1.29 is 34.1 Å². The summed E-state index contributed by atoms with van der Waals surface area (Å²) in [6, 6.07) is 19.8. The van der Waals surface area contributed by atoms with Crippen LogP contribution in [-0.2, 0) is 25.6 Å². The Morgan fingerprint density at radius 1 is 0.837 bits per heavy atom. The SMILES string of the molecule is CC(C)CNC(=O)[C@H](C)C[C@H](O)[C@H](Cc1ccccc1)NC(=O)C[C@H](NC(=O)COc1cccc2ccccc12)C(=O)O. The number of ether oxygens (including phenoxy) is 1. The van der Waals surface area contributed by atoms with Gasteiger partial charge in [0.05, 0.1) is 18.6 Å². The fraction of sp³-hybridized carbons (Fsp3) is 0.394. The summed E-state index contributed by atoms with van der Waals surface area (Å²) in [4.78, 5) is 50.0. The van der Waals surface area contributed by atoms with Gasteiger partial charge in [-0.3, -0.25) is 14.4 Å². The minimum Gasteiger partial charge on any atom is -0.483 e. The van der Waals surface area contributed by atoms with Crippen LogP contribution in [0, 0.1) is 11.8 Å². The van der Waals surface area contributed by atoms with Gasteiger partial charge < -0.3 is 30.9 Å². The molecule has 0 aliphatic heterocycles. The first kappa shape index (κ1) is 33.1. The molecule has 0 unspecified atom stereocenters. The van der Waals surface area contributed by atoms with E-state index in [1.54, 1.807) is 19.1 Å². The van der Waals surface area contributed by atoms with Crippen LogP contribution in [0.15, 0.2) is 72.8 Å². The van der Waals surface area contributed by atoms with E-state index in [4.69, 9.17) is 4.74 Å². The summed E-state index contributed by atoms with van der Waals surface area (Å²) >= 11 is 0. The van der Waals surface area contributed by atoms with Crippen LogP contribution in [0.4, 0.5) is 0 Å². The summed E-state index contributed by atoms with van der Waals surface area (Å²) in [6.07, 6.45) is -1.29. The summed E-state index contributed by atoms with van der Waals surface area (Å²) in [6.45, 7) is 5.74. The van der Waals surface area contributed by atoms with E-state index in [0.29, 0.717) is 12.3 Å². The van der Waals surface area contributed by atoms with Gasteiger partial charge >= 0.3 is 5.97 Å². The van der Waals surface area contributed by atoms with Crippen molar-refractivity contribution in [2.24, 2.45) is 11.8 Å². The average molecular weight is 592 g/mol. The highest BCUT2D eigenvalue weighted by molar-refractivity contribution is 5.90. The van der Waals surface area contributed by atoms with Crippen molar-refractivity contribution >= 4 is 34.5 Å². The molecule has 4 atom stereocenters. The molecule has 0 bridgehead atoms. The Labute approximate surface area is 251 Å². The minimum absolute atomic E-state index is 0.0896. The molecule has 230 valence electrons. The van der Waals surface area contributed by atoms with Crippen LogP contribution < -0.4 is 20.7 Å². The van der Waals surface area contributed by atoms with Crippen LogP contribution in [0.3, 0.4) is 0 Å². The van der Waals surface area contributed by atoms with E-state index in [1.165, 1.54) is 0 Å². The molecule has 0 aliphatic carbocycles. The molecule has 0 saturated heterocycles. The lowest BCUT2D eigenvalue weighted by atomic mass is 9.93. The number of benzene rings is 3. The highest BCUT2D eigenvalue weighted by atomic mass is 16.5. The van der Waals surface area contributed by atoms with Crippen molar-refractivity contribution in [1.29, 1.82) is 0 Å². The van der Waals surface area contributed by atoms with E-state index in [0.717, 1.165) is 16.3 Å². The third-order valence-corrected chi connectivity index (χ3v) is 6.97. The Kier molecular flexibility index (Phi) is 12.5. The number of fused-ring (bicyclic) bond motifs is 1. The molecular formula is C33H41N3O7. The van der Waals surface area contributed by atoms with Gasteiger partial charge in [0.1, 0.15) is 11.8 Å². The Balaban J connectivity index is 1.61. The molecule has 3 aromatic carbocycles. The van der Waals surface area contributed by atoms with Crippen LogP contribution >= 0.6 is 0 Å². The van der Waals surface area contributed by atoms with E-state index < -0.39 is 54.9 Å². The van der Waals surface area contributed by atoms with Crippen molar-refractivity contribution in [3.05, 3.63) is 78.4 Å². The van der Waals surface area contributed by atoms with Gasteiger partial charge in [0.2, 0.25) is 11.8 Å². The molecule has 0 radical (unpaired) electrons. The second kappa shape index (κ2) is 16.3. The average Bonchev–Trinajstić information content (AvgIpc) is 2.98. The molecule has 5 N–H and O–H groups in total. The van der Waals surface area contributed by atoms with Gasteiger partial charge in [0.25, 0.3) is 5.91 Å². The summed E-state index contributed by atoms with van der Waals surface area (Å²) in [5.74, 6) is -2.71. The molecule has 43 heavy (non-hydrogen) atoms. The number of carbonyl (C=O) groups is 4. The molecule has 3 aromatic rings. The quantitative estimate of drug-likeness (QED) is 0.172. The number of amides is 3. The van der Waals surface area contributed by atoms with Crippen LogP contribution in [-0.4, -0.2) is 65.2 Å². The Hall–Kier alpha value is -4.44. The zero-order valence-electron chi connectivity index (χ0n) is 24.8. The second-order valence-corrected chi connectivity index (χ2v) is 11.1. The van der Waals surface area contributed by atoms with Crippen molar-refractivity contribution in [3.8, 4) is 5.75 Å². The first-order valence-corrected chi connectivity index (χ1v) is 14.4. The van der Waals surface area contributed by atoms with Gasteiger partial charge in [-0.25, -0.2) is 4.79 Å². The maximum Gasteiger partial charge on any atom is 0.326 e. The van der Waals surface area contributed by atoms with Crippen LogP contribution in [0.1, 0.15) is 39.2 Å². The number of hydrogen-bond acceptors (Lipinski definition) is 6. The van der Waals surface area contributed by atoms with Gasteiger partial charge in [0.15, 0.2) is 6.61 Å². The number of carboxylic acid groups (broad SMARTS) is 1. The molecule has 0 aliphatic rings. The predicted molar refractivity (Wildman–Crippen MR) is 163 cm³/mol. The monoisotopic (exact) mass is 591 g/mol. The smallest absolute Gasteiger partial charge is 0.326 e. The summed E-state index contributed by atoms with van der Waals surface area (Å²) in [5.41, 5.74) is 0.845. The third kappa shape index (κ3) is 10.7. The standard InChI is InChI=1S/C33H41N3O7/c1-21(2)19-34-32(40)22(3)16-28(37)26(17-23-10-5-4-6-11-23)35-30(38)18-27(33(41)42)36-31(39)20-43-29-15-9-13-24-12-7-8-14-25(24)29/h4-15,21-22,26-28,37H,16-20H2,1-3H3,(H,34,40)(H,35,38)(H,36,39)(H,41,42)/t22-,26+,27+,28+/m1/s1. The van der Waals surface area contributed by atoms with Gasteiger partial charge in [-0.05, 0) is 35.8 Å². The Morgan fingerprint density at radius 2 is 1.51 bits per heavy atom. The minimum atomic E-state index is -1.51. The molecule has 10 nitrogen and oxygen atoms in total. The Morgan fingerprint density at radius 3 is 2.21 bits per heavy atom. The number of aliphatic hydroxyl groups excluding tert-OH is 1. The first-order chi connectivity index (χ1) is 20.5. The highest BCUT2D eigenvalue weighted by Crippen LogP contribution is 2.25. The molecule has 10 heteroatoms. The van der Waals surface area contributed by atoms with E-state index in [-0.39, 0.29) is 24.7 Å². The van der Waals surface area contributed by atoms with Crippen molar-refractivity contribution in [3.63, 3.8) is 0 Å². The van der Waals surface area contributed by atoms with Crippen molar-refractivity contribution in [2.45, 2.75) is 58.2 Å². The predicted octanol–water partition coefficient (Wildman–Crippen LogP) is 3.06. The summed E-state index contributed by atoms with van der Waals surface area (Å²) in [5, 5.41) is 30.4. The number of nitrogens with one attached hydrogen (secondary N) is 3. The normalized spacial score (nSPS) is 13.9. The van der Waals surface area contributed by atoms with Crippen molar-refractivity contribution in [1.82, 2.24) is 16.0 Å². The molecule has 0 saturated carbocycles. The molecule has 0 aromatic heterocycles. The maximum atomic E-state index is 13.0. The van der Waals surface area contributed by atoms with E-state index in [9.17, 15) is 29.4 Å². The molecule has 3 rings (SSSR count). The maximum absolute atomic E-state index is 13.0. The molecule has 0 heterocycles. The fourth-order valence-corrected chi connectivity index (χ4v) is 4.62. The van der Waals surface area contributed by atoms with Crippen molar-refractivity contribution in [2.75, 3.05) is 13.2 Å². The highest BCUT2D eigenvalue weighted by Gasteiger charge is 2.29. The lowest BCUT2D eigenvalue weighted by Gasteiger charge is -2.27. The van der Waals surface area contributed by atoms with Gasteiger partial charge in [0, 0.05) is 17.8 Å². The third-order valence-electron chi connectivity index (χ3n) is 6.97. The zero-order chi connectivity index (χ0) is 31.4. The number of hydrogen-bond donors (Lipinski definition) is 5. The second-order valence-electron chi connectivity index (χ2n) is 11.1. The zero-order valence-corrected chi connectivity index (χ0v) is 24.8. The molecule has 3 amide bonds. The number of aliphatic hydroxyl groups is 1. The fourth-order valence-electron chi connectivity index (χ4n) is 4.62. The lowest BCUT2D eigenvalue weighted by molar-refractivity contribution is -0.144. The van der Waals surface area contributed by atoms with Gasteiger partial charge in [-0.15, -0.1) is 0 Å². The summed E-state index contributed by atoms with van der Waals surface area (Å²) in [7, 11) is 0. The largest absolute Gasteiger partial charge is 0.483 e. The van der Waals surface area contributed by atoms with Crippen LogP contribution in [0.2, 0.25) is 0 Å². The number of rotatable bonds is 16. The number of carbonyl (C=O) groups excluding carboxylic acids is 3. The molecule has 0 fully saturated rings. The van der Waals surface area contributed by atoms with Gasteiger partial charge in [-0.1, -0.05) is 87.5 Å². The lowest BCUT2D eigenvalue weighted by Crippen LogP contribution is -2.50. The Bertz CT molecular complexity index is 1370. The van der Waals surface area contributed by atoms with Crippen LogP contribution in [0.5, 0.6) is 5.75 Å².